The summed E-state index contributed by atoms with van der Waals surface area (Å²) in [7, 11) is -4.20. The third kappa shape index (κ3) is 6.88. The lowest BCUT2D eigenvalue weighted by atomic mass is 10.2. The van der Waals surface area contributed by atoms with E-state index in [9.17, 15) is 31.2 Å². The molecule has 1 amide bonds. The molecular weight excluding hydrogens is 379 g/mol. The second-order valence-corrected chi connectivity index (χ2v) is 8.16. The molecule has 1 aromatic rings. The number of halogens is 4. The summed E-state index contributed by atoms with van der Waals surface area (Å²) in [5.74, 6) is -3.82. The van der Waals surface area contributed by atoms with Gasteiger partial charge in [-0.15, -0.1) is 11.3 Å². The van der Waals surface area contributed by atoms with Crippen molar-refractivity contribution in [1.82, 2.24) is 5.32 Å². The van der Waals surface area contributed by atoms with Crippen LogP contribution in [-0.4, -0.2) is 44.3 Å². The summed E-state index contributed by atoms with van der Waals surface area (Å²) in [6.45, 7) is 1.22. The Bertz CT molecular complexity index is 698. The second-order valence-electron chi connectivity index (χ2n) is 4.72. The highest BCUT2D eigenvalue weighted by Gasteiger charge is 2.30. The topological polar surface area (TPSA) is 80.3 Å². The predicted molar refractivity (Wildman–Crippen MR) is 80.7 cm³/mol. The fourth-order valence-electron chi connectivity index (χ4n) is 1.47. The van der Waals surface area contributed by atoms with E-state index in [2.05, 4.69) is 5.32 Å². The Balaban J connectivity index is 2.51. The maximum Gasteiger partial charge on any atom is 0.390 e. The number of nitrogens with one attached hydrogen (secondary N) is 1. The quantitative estimate of drug-likeness (QED) is 0.724. The fraction of sp³-hybridized carbons (Fsp3) is 0.500. The van der Waals surface area contributed by atoms with Crippen molar-refractivity contribution in [3.63, 3.8) is 0 Å². The van der Waals surface area contributed by atoms with E-state index in [-0.39, 0.29) is 9.90 Å². The number of sulfone groups is 1. The van der Waals surface area contributed by atoms with Crippen LogP contribution in [0.5, 0.6) is 0 Å². The second kappa shape index (κ2) is 7.63. The van der Waals surface area contributed by atoms with Crippen molar-refractivity contribution in [3.05, 3.63) is 20.8 Å². The number of rotatable bonds is 7. The van der Waals surface area contributed by atoms with Gasteiger partial charge in [-0.1, -0.05) is 11.6 Å². The number of alkyl halides is 3. The maximum atomic E-state index is 12.0. The average molecular weight is 392 g/mol. The number of ketones is 1. The van der Waals surface area contributed by atoms with Crippen molar-refractivity contribution < 1.29 is 31.2 Å². The zero-order chi connectivity index (χ0) is 17.8. The third-order valence-corrected chi connectivity index (χ3v) is 5.91. The number of hydrogen-bond donors (Lipinski definition) is 1. The van der Waals surface area contributed by atoms with Crippen LogP contribution in [0.3, 0.4) is 0 Å². The minimum absolute atomic E-state index is 0.226. The van der Waals surface area contributed by atoms with Crippen LogP contribution in [0.15, 0.2) is 5.38 Å². The van der Waals surface area contributed by atoms with E-state index in [4.69, 9.17) is 11.6 Å². The number of hydrogen-bond acceptors (Lipinski definition) is 5. The molecule has 0 radical (unpaired) electrons. The molecule has 130 valence electrons. The molecule has 5 nitrogen and oxygen atoms in total. The van der Waals surface area contributed by atoms with Gasteiger partial charge >= 0.3 is 6.18 Å². The molecule has 1 rings (SSSR count). The van der Waals surface area contributed by atoms with Crippen molar-refractivity contribution >= 4 is 44.5 Å². The fourth-order valence-corrected chi connectivity index (χ4v) is 3.90. The van der Waals surface area contributed by atoms with Crippen molar-refractivity contribution in [3.8, 4) is 0 Å². The summed E-state index contributed by atoms with van der Waals surface area (Å²) in [6.07, 6.45) is -6.14. The van der Waals surface area contributed by atoms with Crippen molar-refractivity contribution in [2.75, 3.05) is 18.1 Å². The molecule has 23 heavy (non-hydrogen) atoms. The van der Waals surface area contributed by atoms with Gasteiger partial charge in [-0.25, -0.2) is 8.42 Å². The lowest BCUT2D eigenvalue weighted by Crippen LogP contribution is -2.35. The summed E-state index contributed by atoms with van der Waals surface area (Å²) in [5, 5.41) is 3.98. The van der Waals surface area contributed by atoms with Gasteiger partial charge in [-0.3, -0.25) is 9.59 Å². The first-order chi connectivity index (χ1) is 10.4. The largest absolute Gasteiger partial charge is 0.390 e. The molecular formula is C12H13ClF3NO4S2. The van der Waals surface area contributed by atoms with E-state index >= 15 is 0 Å². The first-order valence-corrected chi connectivity index (χ1v) is 9.30. The molecule has 0 bridgehead atoms. The lowest BCUT2D eigenvalue weighted by molar-refractivity contribution is -0.130. The molecule has 1 heterocycles. The summed E-state index contributed by atoms with van der Waals surface area (Å²) >= 11 is 6.97. The smallest absolute Gasteiger partial charge is 0.348 e. The standard InChI is InChI=1S/C12H13ClF3NO4S2/c1-7-5-22-11(10(7)13)8(18)4-17-9(19)6-23(20,21)3-2-12(14,15)16/h5H,2-4,6H2,1H3,(H,17,19). The van der Waals surface area contributed by atoms with Gasteiger partial charge in [0.15, 0.2) is 15.6 Å². The van der Waals surface area contributed by atoms with E-state index in [0.29, 0.717) is 5.56 Å². The minimum atomic E-state index is -4.62. The van der Waals surface area contributed by atoms with Crippen LogP contribution in [0.25, 0.3) is 0 Å². The van der Waals surface area contributed by atoms with Crippen LogP contribution in [0.1, 0.15) is 21.7 Å². The van der Waals surface area contributed by atoms with Gasteiger partial charge in [-0.2, -0.15) is 13.2 Å². The average Bonchev–Trinajstić information content (AvgIpc) is 2.73. The molecule has 1 N–H and O–H groups in total. The van der Waals surface area contributed by atoms with Crippen molar-refractivity contribution in [2.24, 2.45) is 0 Å². The Kier molecular flexibility index (Phi) is 6.60. The van der Waals surface area contributed by atoms with Crippen molar-refractivity contribution in [1.29, 1.82) is 0 Å². The van der Waals surface area contributed by atoms with E-state index in [1.54, 1.807) is 12.3 Å². The third-order valence-electron chi connectivity index (χ3n) is 2.65. The molecule has 0 aliphatic rings. The van der Waals surface area contributed by atoms with E-state index in [1.807, 2.05) is 0 Å². The molecule has 0 aliphatic heterocycles. The van der Waals surface area contributed by atoms with Gasteiger partial charge < -0.3 is 5.32 Å². The summed E-state index contributed by atoms with van der Waals surface area (Å²) < 4.78 is 58.7. The molecule has 0 spiro atoms. The van der Waals surface area contributed by atoms with Crippen LogP contribution in [0.2, 0.25) is 5.02 Å². The Labute approximate surface area is 139 Å². The molecule has 1 aromatic heterocycles. The van der Waals surface area contributed by atoms with Gasteiger partial charge in [0, 0.05) is 0 Å². The monoisotopic (exact) mass is 391 g/mol. The first-order valence-electron chi connectivity index (χ1n) is 6.22. The highest BCUT2D eigenvalue weighted by molar-refractivity contribution is 7.92. The molecule has 0 saturated heterocycles. The molecule has 0 saturated carbocycles. The van der Waals surface area contributed by atoms with E-state index in [1.165, 1.54) is 0 Å². The molecule has 0 aromatic carbocycles. The zero-order valence-corrected chi connectivity index (χ0v) is 14.3. The number of carbonyl (C=O) groups excluding carboxylic acids is 2. The summed E-state index contributed by atoms with van der Waals surface area (Å²) in [6, 6.07) is 0. The summed E-state index contributed by atoms with van der Waals surface area (Å²) in [5.41, 5.74) is 0.695. The maximum absolute atomic E-state index is 12.0. The summed E-state index contributed by atoms with van der Waals surface area (Å²) in [4.78, 5) is 23.5. The molecule has 0 unspecified atom stereocenters. The van der Waals surface area contributed by atoms with Crippen LogP contribution in [-0.2, 0) is 14.6 Å². The van der Waals surface area contributed by atoms with E-state index < -0.39 is 52.2 Å². The van der Waals surface area contributed by atoms with E-state index in [0.717, 1.165) is 11.3 Å². The molecule has 0 aliphatic carbocycles. The Morgan fingerprint density at radius 2 is 1.96 bits per heavy atom. The highest BCUT2D eigenvalue weighted by Crippen LogP contribution is 2.27. The highest BCUT2D eigenvalue weighted by atomic mass is 35.5. The normalized spacial score (nSPS) is 12.2. The van der Waals surface area contributed by atoms with Crippen LogP contribution in [0, 0.1) is 6.92 Å². The Hall–Kier alpha value is -1.13. The molecule has 0 fully saturated rings. The number of carbonyl (C=O) groups is 2. The number of aryl methyl sites for hydroxylation is 1. The number of thiophene rings is 1. The van der Waals surface area contributed by atoms with Gasteiger partial charge in [-0.05, 0) is 17.9 Å². The SMILES string of the molecule is Cc1csc(C(=O)CNC(=O)CS(=O)(=O)CCC(F)(F)F)c1Cl. The number of amides is 1. The first kappa shape index (κ1) is 19.9. The van der Waals surface area contributed by atoms with Gasteiger partial charge in [0.05, 0.1) is 28.6 Å². The zero-order valence-electron chi connectivity index (χ0n) is 11.9. The van der Waals surface area contributed by atoms with Crippen LogP contribution >= 0.6 is 22.9 Å². The van der Waals surface area contributed by atoms with Crippen LogP contribution < -0.4 is 5.32 Å². The lowest BCUT2D eigenvalue weighted by Gasteiger charge is -2.08. The molecule has 11 heteroatoms. The molecule has 0 atom stereocenters. The van der Waals surface area contributed by atoms with Gasteiger partial charge in [0.25, 0.3) is 0 Å². The van der Waals surface area contributed by atoms with Crippen LogP contribution in [0.4, 0.5) is 13.2 Å². The minimum Gasteiger partial charge on any atom is -0.348 e. The number of Topliss-reactive ketones (excluding diaryl/α,β-unsaturated/α-hetero) is 1. The Morgan fingerprint density at radius 1 is 1.35 bits per heavy atom. The van der Waals surface area contributed by atoms with Gasteiger partial charge in [0.1, 0.15) is 5.75 Å². The van der Waals surface area contributed by atoms with Crippen molar-refractivity contribution in [2.45, 2.75) is 19.5 Å². The Morgan fingerprint density at radius 3 is 2.43 bits per heavy atom. The van der Waals surface area contributed by atoms with Gasteiger partial charge in [0.2, 0.25) is 5.91 Å². The predicted octanol–water partition coefficient (Wildman–Crippen LogP) is 2.38.